The number of rotatable bonds is 5. The second-order valence-corrected chi connectivity index (χ2v) is 7.78. The Hall–Kier alpha value is -2.84. The zero-order valence-electron chi connectivity index (χ0n) is 14.4. The standard InChI is InChI=1S/C18H18N6S2/c1-24(2)12-7-5-11(6-8-12)21-18-23-16(19)15(26-18)17-22-14(10-25-17)13-4-3-9-20-13/h3-10,20H,19H2,1-2H3,(H,21,23). The Morgan fingerprint density at radius 1 is 1.12 bits per heavy atom. The van der Waals surface area contributed by atoms with Gasteiger partial charge in [0.1, 0.15) is 15.7 Å². The normalized spacial score (nSPS) is 10.8. The van der Waals surface area contributed by atoms with Crippen LogP contribution in [0.5, 0.6) is 0 Å². The highest BCUT2D eigenvalue weighted by Gasteiger charge is 2.15. The van der Waals surface area contributed by atoms with E-state index in [0.717, 1.165) is 37.8 Å². The van der Waals surface area contributed by atoms with Crippen LogP contribution >= 0.6 is 22.7 Å². The Labute approximate surface area is 159 Å². The summed E-state index contributed by atoms with van der Waals surface area (Å²) in [5.41, 5.74) is 10.2. The van der Waals surface area contributed by atoms with Crippen molar-refractivity contribution in [3.8, 4) is 21.3 Å². The average Bonchev–Trinajstić information content (AvgIpc) is 3.35. The van der Waals surface area contributed by atoms with Crippen LogP contribution in [0.15, 0.2) is 48.0 Å². The highest BCUT2D eigenvalue weighted by molar-refractivity contribution is 7.23. The number of H-pyrrole nitrogens is 1. The Morgan fingerprint density at radius 2 is 1.92 bits per heavy atom. The maximum Gasteiger partial charge on any atom is 0.189 e. The van der Waals surface area contributed by atoms with Crippen molar-refractivity contribution < 1.29 is 0 Å². The molecule has 3 heterocycles. The molecule has 4 rings (SSSR count). The van der Waals surface area contributed by atoms with Gasteiger partial charge in [0.05, 0.1) is 11.4 Å². The van der Waals surface area contributed by atoms with E-state index in [2.05, 4.69) is 37.3 Å². The van der Waals surface area contributed by atoms with E-state index >= 15 is 0 Å². The van der Waals surface area contributed by atoms with Crippen molar-refractivity contribution in [3.63, 3.8) is 0 Å². The summed E-state index contributed by atoms with van der Waals surface area (Å²) in [6, 6.07) is 12.1. The second-order valence-electron chi connectivity index (χ2n) is 5.92. The number of anilines is 4. The van der Waals surface area contributed by atoms with Gasteiger partial charge in [-0.1, -0.05) is 11.3 Å². The first-order chi connectivity index (χ1) is 12.6. The molecule has 0 unspecified atom stereocenters. The molecule has 0 aliphatic carbocycles. The number of nitrogen functional groups attached to an aromatic ring is 1. The molecule has 0 bridgehead atoms. The van der Waals surface area contributed by atoms with Crippen LogP contribution in [0.4, 0.5) is 22.3 Å². The number of hydrogen-bond acceptors (Lipinski definition) is 7. The van der Waals surface area contributed by atoms with E-state index in [9.17, 15) is 0 Å². The third kappa shape index (κ3) is 3.29. The quantitative estimate of drug-likeness (QED) is 0.468. The summed E-state index contributed by atoms with van der Waals surface area (Å²) in [5, 5.41) is 6.97. The summed E-state index contributed by atoms with van der Waals surface area (Å²) in [6.07, 6.45) is 1.89. The fraction of sp³-hybridized carbons (Fsp3) is 0.111. The Balaban J connectivity index is 1.56. The van der Waals surface area contributed by atoms with Crippen molar-refractivity contribution >= 4 is 45.0 Å². The number of nitrogens with two attached hydrogens (primary N) is 1. The minimum absolute atomic E-state index is 0.495. The third-order valence-corrected chi connectivity index (χ3v) is 5.84. The average molecular weight is 383 g/mol. The van der Waals surface area contributed by atoms with Crippen molar-refractivity contribution in [2.24, 2.45) is 0 Å². The lowest BCUT2D eigenvalue weighted by atomic mass is 10.2. The molecule has 1 aromatic carbocycles. The van der Waals surface area contributed by atoms with E-state index in [1.165, 1.54) is 11.3 Å². The van der Waals surface area contributed by atoms with E-state index in [4.69, 9.17) is 5.73 Å². The molecule has 6 nitrogen and oxygen atoms in total. The van der Waals surface area contributed by atoms with E-state index in [1.807, 2.05) is 49.9 Å². The maximum atomic E-state index is 6.13. The topological polar surface area (TPSA) is 82.9 Å². The SMILES string of the molecule is CN(C)c1ccc(Nc2nc(N)c(-c3nc(-c4ccc[nH]4)cs3)s2)cc1. The van der Waals surface area contributed by atoms with Gasteiger partial charge in [-0.3, -0.25) is 0 Å². The van der Waals surface area contributed by atoms with Crippen LogP contribution < -0.4 is 16.0 Å². The van der Waals surface area contributed by atoms with Gasteiger partial charge in [0.15, 0.2) is 5.13 Å². The maximum absolute atomic E-state index is 6.13. The Morgan fingerprint density at radius 3 is 2.62 bits per heavy atom. The molecule has 4 aromatic rings. The molecule has 3 aromatic heterocycles. The summed E-state index contributed by atoms with van der Waals surface area (Å²) >= 11 is 3.07. The predicted octanol–water partition coefficient (Wildman–Crippen LogP) is 4.65. The molecule has 132 valence electrons. The molecule has 0 aliphatic heterocycles. The van der Waals surface area contributed by atoms with Gasteiger partial charge in [-0.15, -0.1) is 11.3 Å². The number of thiazole rings is 2. The van der Waals surface area contributed by atoms with Gasteiger partial charge in [-0.2, -0.15) is 0 Å². The molecular weight excluding hydrogens is 364 g/mol. The van der Waals surface area contributed by atoms with Crippen molar-refractivity contribution in [2.45, 2.75) is 0 Å². The van der Waals surface area contributed by atoms with Crippen LogP contribution in [0.3, 0.4) is 0 Å². The van der Waals surface area contributed by atoms with Gasteiger partial charge in [0.25, 0.3) is 0 Å². The van der Waals surface area contributed by atoms with Gasteiger partial charge < -0.3 is 20.9 Å². The van der Waals surface area contributed by atoms with E-state index < -0.39 is 0 Å². The van der Waals surface area contributed by atoms with E-state index in [1.54, 1.807) is 11.3 Å². The lowest BCUT2D eigenvalue weighted by Gasteiger charge is -2.12. The van der Waals surface area contributed by atoms with Gasteiger partial charge in [0.2, 0.25) is 0 Å². The smallest absolute Gasteiger partial charge is 0.189 e. The van der Waals surface area contributed by atoms with Crippen LogP contribution in [0, 0.1) is 0 Å². The molecule has 26 heavy (non-hydrogen) atoms. The fourth-order valence-corrected chi connectivity index (χ4v) is 4.32. The van der Waals surface area contributed by atoms with Gasteiger partial charge in [-0.05, 0) is 36.4 Å². The molecule has 0 radical (unpaired) electrons. The predicted molar refractivity (Wildman–Crippen MR) is 111 cm³/mol. The molecule has 0 saturated heterocycles. The lowest BCUT2D eigenvalue weighted by molar-refractivity contribution is 1.13. The van der Waals surface area contributed by atoms with Crippen molar-refractivity contribution in [1.82, 2.24) is 15.0 Å². The zero-order valence-corrected chi connectivity index (χ0v) is 16.0. The molecule has 0 atom stereocenters. The molecule has 0 amide bonds. The Bertz CT molecular complexity index is 999. The molecule has 0 saturated carbocycles. The van der Waals surface area contributed by atoms with Crippen LogP contribution in [0.25, 0.3) is 21.3 Å². The van der Waals surface area contributed by atoms with Gasteiger partial charge in [0, 0.05) is 37.0 Å². The summed E-state index contributed by atoms with van der Waals surface area (Å²) in [5.74, 6) is 0.495. The minimum Gasteiger partial charge on any atom is -0.382 e. The molecule has 0 fully saturated rings. The fourth-order valence-electron chi connectivity index (χ4n) is 2.50. The van der Waals surface area contributed by atoms with E-state index in [-0.39, 0.29) is 0 Å². The molecule has 0 aliphatic rings. The van der Waals surface area contributed by atoms with Gasteiger partial charge >= 0.3 is 0 Å². The number of nitrogens with one attached hydrogen (secondary N) is 2. The van der Waals surface area contributed by atoms with E-state index in [0.29, 0.717) is 5.82 Å². The highest BCUT2D eigenvalue weighted by Crippen LogP contribution is 2.38. The molecular formula is C18H18N6S2. The lowest BCUT2D eigenvalue weighted by Crippen LogP contribution is -2.08. The second kappa shape index (κ2) is 6.81. The minimum atomic E-state index is 0.495. The van der Waals surface area contributed by atoms with Crippen LogP contribution in [-0.2, 0) is 0 Å². The van der Waals surface area contributed by atoms with Crippen LogP contribution in [-0.4, -0.2) is 29.0 Å². The summed E-state index contributed by atoms with van der Waals surface area (Å²) in [4.78, 5) is 15.2. The van der Waals surface area contributed by atoms with Crippen molar-refractivity contribution in [3.05, 3.63) is 48.0 Å². The molecule has 4 N–H and O–H groups in total. The van der Waals surface area contributed by atoms with Crippen LogP contribution in [0.1, 0.15) is 0 Å². The first-order valence-corrected chi connectivity index (χ1v) is 9.70. The van der Waals surface area contributed by atoms with Gasteiger partial charge in [-0.25, -0.2) is 9.97 Å². The number of aromatic nitrogens is 3. The number of aromatic amines is 1. The molecule has 0 spiro atoms. The zero-order chi connectivity index (χ0) is 18.1. The Kier molecular flexibility index (Phi) is 4.36. The largest absolute Gasteiger partial charge is 0.382 e. The summed E-state index contributed by atoms with van der Waals surface area (Å²) < 4.78 is 0. The number of nitrogens with zero attached hydrogens (tertiary/aromatic N) is 3. The number of benzene rings is 1. The van der Waals surface area contributed by atoms with Crippen LogP contribution in [0.2, 0.25) is 0 Å². The summed E-state index contributed by atoms with van der Waals surface area (Å²) in [7, 11) is 4.04. The van der Waals surface area contributed by atoms with Crippen molar-refractivity contribution in [2.75, 3.05) is 30.0 Å². The number of hydrogen-bond donors (Lipinski definition) is 3. The third-order valence-electron chi connectivity index (χ3n) is 3.86. The first-order valence-electron chi connectivity index (χ1n) is 8.00. The van der Waals surface area contributed by atoms with Crippen molar-refractivity contribution in [1.29, 1.82) is 0 Å². The first kappa shape index (κ1) is 16.6. The highest BCUT2D eigenvalue weighted by atomic mass is 32.1. The molecule has 8 heteroatoms. The summed E-state index contributed by atoms with van der Waals surface area (Å²) in [6.45, 7) is 0. The monoisotopic (exact) mass is 382 g/mol.